The largest absolute Gasteiger partial charge is 0.388 e. The number of hydrogen-bond acceptors (Lipinski definition) is 2. The van der Waals surface area contributed by atoms with Crippen molar-refractivity contribution in [2.24, 2.45) is 0 Å². The molecule has 1 atom stereocenters. The topological polar surface area (TPSA) is 49.3 Å². The Labute approximate surface area is 91.3 Å². The van der Waals surface area contributed by atoms with Gasteiger partial charge in [-0.15, -0.1) is 0 Å². The zero-order valence-corrected chi connectivity index (χ0v) is 9.41. The molecule has 2 N–H and O–H groups in total. The summed E-state index contributed by atoms with van der Waals surface area (Å²) in [5.74, 6) is -0.166. The first kappa shape index (κ1) is 11.2. The Morgan fingerprint density at radius 1 is 1.50 bits per heavy atom. The standard InChI is InChI=1S/C10H12BrNO2/c1-12-10(14)6-9(13)7-2-4-8(11)5-3-7/h2-5,9,13H,6H2,1H3,(H,12,14). The Morgan fingerprint density at radius 3 is 2.57 bits per heavy atom. The summed E-state index contributed by atoms with van der Waals surface area (Å²) in [6.07, 6.45) is -0.638. The van der Waals surface area contributed by atoms with Crippen LogP contribution in [0.1, 0.15) is 18.1 Å². The molecule has 14 heavy (non-hydrogen) atoms. The number of rotatable bonds is 3. The van der Waals surface area contributed by atoms with Crippen molar-refractivity contribution in [2.75, 3.05) is 7.05 Å². The Kier molecular flexibility index (Phi) is 4.10. The lowest BCUT2D eigenvalue weighted by Gasteiger charge is -2.09. The van der Waals surface area contributed by atoms with Crippen LogP contribution in [0, 0.1) is 0 Å². The average molecular weight is 258 g/mol. The molecule has 0 fully saturated rings. The van der Waals surface area contributed by atoms with Crippen molar-refractivity contribution in [1.29, 1.82) is 0 Å². The quantitative estimate of drug-likeness (QED) is 0.865. The summed E-state index contributed by atoms with van der Waals surface area (Å²) in [7, 11) is 1.55. The fraction of sp³-hybridized carbons (Fsp3) is 0.300. The fourth-order valence-corrected chi connectivity index (χ4v) is 1.34. The summed E-state index contributed by atoms with van der Waals surface area (Å²) in [6, 6.07) is 7.25. The van der Waals surface area contributed by atoms with Crippen molar-refractivity contribution in [2.45, 2.75) is 12.5 Å². The van der Waals surface area contributed by atoms with Crippen molar-refractivity contribution in [3.05, 3.63) is 34.3 Å². The van der Waals surface area contributed by atoms with Gasteiger partial charge in [-0.1, -0.05) is 28.1 Å². The molecule has 0 saturated carbocycles. The van der Waals surface area contributed by atoms with Crippen LogP contribution in [0.5, 0.6) is 0 Å². The Hall–Kier alpha value is -0.870. The number of aliphatic hydroxyl groups is 1. The number of hydrogen-bond donors (Lipinski definition) is 2. The number of halogens is 1. The van der Waals surface area contributed by atoms with E-state index in [0.29, 0.717) is 0 Å². The van der Waals surface area contributed by atoms with Gasteiger partial charge in [-0.2, -0.15) is 0 Å². The molecule has 0 aromatic heterocycles. The first-order valence-electron chi connectivity index (χ1n) is 4.27. The first-order chi connectivity index (χ1) is 6.63. The second-order valence-corrected chi connectivity index (χ2v) is 3.86. The molecule has 0 aliphatic rings. The van der Waals surface area contributed by atoms with E-state index in [1.54, 1.807) is 19.2 Å². The van der Waals surface area contributed by atoms with Gasteiger partial charge in [0.15, 0.2) is 0 Å². The molecule has 4 heteroatoms. The third kappa shape index (κ3) is 3.12. The lowest BCUT2D eigenvalue weighted by molar-refractivity contribution is -0.122. The molecule has 3 nitrogen and oxygen atoms in total. The van der Waals surface area contributed by atoms with Crippen molar-refractivity contribution in [3.8, 4) is 0 Å². The normalized spacial score (nSPS) is 12.2. The van der Waals surface area contributed by atoms with Crippen LogP contribution in [0.3, 0.4) is 0 Å². The van der Waals surface area contributed by atoms with E-state index in [9.17, 15) is 9.90 Å². The van der Waals surface area contributed by atoms with Gasteiger partial charge in [-0.05, 0) is 17.7 Å². The van der Waals surface area contributed by atoms with Gasteiger partial charge in [-0.25, -0.2) is 0 Å². The van der Waals surface area contributed by atoms with Gasteiger partial charge in [0.2, 0.25) is 5.91 Å². The van der Waals surface area contributed by atoms with E-state index < -0.39 is 6.10 Å². The van der Waals surface area contributed by atoms with Gasteiger partial charge in [0.05, 0.1) is 12.5 Å². The molecule has 1 aromatic rings. The number of amides is 1. The van der Waals surface area contributed by atoms with Crippen molar-refractivity contribution in [3.63, 3.8) is 0 Å². The predicted molar refractivity (Wildman–Crippen MR) is 57.8 cm³/mol. The van der Waals surface area contributed by atoms with Crippen molar-refractivity contribution in [1.82, 2.24) is 5.32 Å². The fourth-order valence-electron chi connectivity index (χ4n) is 1.08. The highest BCUT2D eigenvalue weighted by atomic mass is 79.9. The number of aliphatic hydroxyl groups excluding tert-OH is 1. The van der Waals surface area contributed by atoms with Crippen LogP contribution in [-0.4, -0.2) is 18.1 Å². The zero-order chi connectivity index (χ0) is 10.6. The maximum atomic E-state index is 11.0. The third-order valence-corrected chi connectivity index (χ3v) is 2.44. The predicted octanol–water partition coefficient (Wildman–Crippen LogP) is 1.62. The molecule has 0 bridgehead atoms. The minimum atomic E-state index is -0.733. The van der Waals surface area contributed by atoms with Gasteiger partial charge in [-0.3, -0.25) is 4.79 Å². The van der Waals surface area contributed by atoms with Crippen LogP contribution in [0.4, 0.5) is 0 Å². The molecule has 0 radical (unpaired) electrons. The molecule has 1 amide bonds. The van der Waals surface area contributed by atoms with Crippen LogP contribution in [0.25, 0.3) is 0 Å². The van der Waals surface area contributed by atoms with E-state index in [2.05, 4.69) is 21.2 Å². The molecule has 0 spiro atoms. The summed E-state index contributed by atoms with van der Waals surface area (Å²) in [4.78, 5) is 11.0. The molecule has 76 valence electrons. The van der Waals surface area contributed by atoms with Gasteiger partial charge in [0.25, 0.3) is 0 Å². The van der Waals surface area contributed by atoms with Crippen LogP contribution in [-0.2, 0) is 4.79 Å². The summed E-state index contributed by atoms with van der Waals surface area (Å²) in [5, 5.41) is 12.1. The smallest absolute Gasteiger partial charge is 0.222 e. The van der Waals surface area contributed by atoms with E-state index in [1.807, 2.05) is 12.1 Å². The highest BCUT2D eigenvalue weighted by Gasteiger charge is 2.11. The molecular weight excluding hydrogens is 246 g/mol. The molecule has 0 aliphatic carbocycles. The van der Waals surface area contributed by atoms with E-state index in [-0.39, 0.29) is 12.3 Å². The van der Waals surface area contributed by atoms with E-state index in [1.165, 1.54) is 0 Å². The van der Waals surface area contributed by atoms with Crippen LogP contribution < -0.4 is 5.32 Å². The van der Waals surface area contributed by atoms with E-state index in [0.717, 1.165) is 10.0 Å². The van der Waals surface area contributed by atoms with Gasteiger partial charge in [0, 0.05) is 11.5 Å². The lowest BCUT2D eigenvalue weighted by atomic mass is 10.1. The van der Waals surface area contributed by atoms with Gasteiger partial charge >= 0.3 is 0 Å². The van der Waals surface area contributed by atoms with Crippen molar-refractivity contribution < 1.29 is 9.90 Å². The molecular formula is C10H12BrNO2. The average Bonchev–Trinajstić information content (AvgIpc) is 2.18. The Bertz CT molecular complexity index is 310. The van der Waals surface area contributed by atoms with Gasteiger partial charge < -0.3 is 10.4 Å². The zero-order valence-electron chi connectivity index (χ0n) is 7.83. The number of carbonyl (C=O) groups is 1. The maximum Gasteiger partial charge on any atom is 0.222 e. The minimum Gasteiger partial charge on any atom is -0.388 e. The van der Waals surface area contributed by atoms with Crippen LogP contribution in [0.2, 0.25) is 0 Å². The summed E-state index contributed by atoms with van der Waals surface area (Å²) in [6.45, 7) is 0. The van der Waals surface area contributed by atoms with Crippen LogP contribution >= 0.6 is 15.9 Å². The molecule has 0 heterocycles. The second kappa shape index (κ2) is 5.12. The first-order valence-corrected chi connectivity index (χ1v) is 5.07. The molecule has 0 saturated heterocycles. The lowest BCUT2D eigenvalue weighted by Crippen LogP contribution is -2.20. The summed E-state index contributed by atoms with van der Waals surface area (Å²) >= 11 is 3.30. The molecule has 1 unspecified atom stereocenters. The van der Waals surface area contributed by atoms with Crippen molar-refractivity contribution >= 4 is 21.8 Å². The molecule has 1 rings (SSSR count). The number of nitrogens with one attached hydrogen (secondary N) is 1. The minimum absolute atomic E-state index is 0.0954. The SMILES string of the molecule is CNC(=O)CC(O)c1ccc(Br)cc1. The van der Waals surface area contributed by atoms with E-state index in [4.69, 9.17) is 0 Å². The van der Waals surface area contributed by atoms with Crippen LogP contribution in [0.15, 0.2) is 28.7 Å². The monoisotopic (exact) mass is 257 g/mol. The second-order valence-electron chi connectivity index (χ2n) is 2.94. The third-order valence-electron chi connectivity index (χ3n) is 1.91. The maximum absolute atomic E-state index is 11.0. The number of carbonyl (C=O) groups excluding carboxylic acids is 1. The molecule has 0 aliphatic heterocycles. The van der Waals surface area contributed by atoms with Gasteiger partial charge in [0.1, 0.15) is 0 Å². The summed E-state index contributed by atoms with van der Waals surface area (Å²) in [5.41, 5.74) is 0.747. The highest BCUT2D eigenvalue weighted by molar-refractivity contribution is 9.10. The highest BCUT2D eigenvalue weighted by Crippen LogP contribution is 2.18. The summed E-state index contributed by atoms with van der Waals surface area (Å²) < 4.78 is 0.952. The Balaban J connectivity index is 2.65. The van der Waals surface area contributed by atoms with E-state index >= 15 is 0 Å². The molecule has 1 aromatic carbocycles. The number of benzene rings is 1. The Morgan fingerprint density at radius 2 is 2.07 bits per heavy atom.